The molecule has 0 unspecified atom stereocenters. The van der Waals surface area contributed by atoms with E-state index in [1.807, 2.05) is 6.07 Å². The molecule has 1 spiro atoms. The van der Waals surface area contributed by atoms with Gasteiger partial charge in [0.2, 0.25) is 5.91 Å². The second kappa shape index (κ2) is 6.91. The topological polar surface area (TPSA) is 67.9 Å². The molecule has 1 aromatic carbocycles. The number of hydrogen-bond acceptors (Lipinski definition) is 6. The summed E-state index contributed by atoms with van der Waals surface area (Å²) in [6.07, 6.45) is 3.78. The molecule has 1 saturated heterocycles. The molecule has 5 atom stereocenters. The molecule has 156 valence electrons. The number of carbonyl (C=O) groups excluding carboxylic acids is 2. The van der Waals surface area contributed by atoms with Gasteiger partial charge in [-0.3, -0.25) is 9.59 Å². The molecule has 2 aliphatic heterocycles. The molecule has 2 aliphatic carbocycles. The van der Waals surface area contributed by atoms with Crippen LogP contribution < -0.4 is 10.1 Å². The van der Waals surface area contributed by atoms with E-state index in [4.69, 9.17) is 9.47 Å². The van der Waals surface area contributed by atoms with Gasteiger partial charge in [-0.05, 0) is 62.6 Å². The van der Waals surface area contributed by atoms with E-state index >= 15 is 0 Å². The van der Waals surface area contributed by atoms with Gasteiger partial charge < -0.3 is 19.7 Å². The van der Waals surface area contributed by atoms with Crippen LogP contribution in [-0.2, 0) is 26.2 Å². The van der Waals surface area contributed by atoms with Crippen molar-refractivity contribution in [1.82, 2.24) is 4.90 Å². The van der Waals surface area contributed by atoms with Crippen LogP contribution in [0.15, 0.2) is 12.1 Å². The predicted molar refractivity (Wildman–Crippen MR) is 113 cm³/mol. The van der Waals surface area contributed by atoms with Crippen molar-refractivity contribution >= 4 is 30.2 Å². The Morgan fingerprint density at radius 1 is 1.38 bits per heavy atom. The van der Waals surface area contributed by atoms with Crippen molar-refractivity contribution in [1.29, 1.82) is 0 Å². The zero-order valence-corrected chi connectivity index (χ0v) is 17.8. The first-order valence-corrected chi connectivity index (χ1v) is 11.2. The Balaban J connectivity index is 1.63. The average Bonchev–Trinajstić information content (AvgIpc) is 3.02. The molecule has 7 heteroatoms. The van der Waals surface area contributed by atoms with E-state index in [1.165, 1.54) is 18.1 Å². The highest BCUT2D eigenvalue weighted by molar-refractivity contribution is 7.80. The smallest absolute Gasteiger partial charge is 0.303 e. The van der Waals surface area contributed by atoms with Crippen molar-refractivity contribution in [2.45, 2.75) is 62.7 Å². The lowest BCUT2D eigenvalue weighted by atomic mass is 9.51. The first-order chi connectivity index (χ1) is 14.0. The third-order valence-electron chi connectivity index (χ3n) is 7.49. The SMILES string of the molecule is CC(=O)O[C@H]1CC[C@H]2[C@@H]3Cc4ccc(NC(=O)CCS)c5c4[C@@]2(CCN3C)[C@H]1O5. The Kier molecular flexibility index (Phi) is 4.59. The Hall–Kier alpha value is -1.73. The van der Waals surface area contributed by atoms with Gasteiger partial charge in [-0.1, -0.05) is 6.07 Å². The van der Waals surface area contributed by atoms with E-state index in [-0.39, 0.29) is 29.5 Å². The number of amides is 1. The highest BCUT2D eigenvalue weighted by atomic mass is 32.1. The number of benzene rings is 1. The van der Waals surface area contributed by atoms with Gasteiger partial charge in [0, 0.05) is 30.4 Å². The molecule has 1 saturated carbocycles. The Bertz CT molecular complexity index is 875. The number of hydrogen-bond donors (Lipinski definition) is 2. The summed E-state index contributed by atoms with van der Waals surface area (Å²) >= 11 is 4.16. The van der Waals surface area contributed by atoms with Gasteiger partial charge in [-0.15, -0.1) is 0 Å². The normalized spacial score (nSPS) is 34.2. The maximum Gasteiger partial charge on any atom is 0.303 e. The van der Waals surface area contributed by atoms with Crippen molar-refractivity contribution in [3.8, 4) is 5.75 Å². The summed E-state index contributed by atoms with van der Waals surface area (Å²) < 4.78 is 12.4. The number of likely N-dealkylation sites (tertiary alicyclic amines) is 1. The summed E-state index contributed by atoms with van der Waals surface area (Å²) in [5, 5.41) is 3.02. The minimum Gasteiger partial charge on any atom is -0.483 e. The zero-order valence-electron chi connectivity index (χ0n) is 16.9. The minimum atomic E-state index is -0.257. The average molecular weight is 417 g/mol. The van der Waals surface area contributed by atoms with Gasteiger partial charge in [0.05, 0.1) is 5.69 Å². The zero-order chi connectivity index (χ0) is 20.3. The second-order valence-corrected chi connectivity index (χ2v) is 9.36. The lowest BCUT2D eigenvalue weighted by Crippen LogP contribution is -2.66. The summed E-state index contributed by atoms with van der Waals surface area (Å²) in [6.45, 7) is 2.47. The minimum absolute atomic E-state index is 0.0580. The predicted octanol–water partition coefficient (Wildman–Crippen LogP) is 2.55. The maximum absolute atomic E-state index is 12.3. The van der Waals surface area contributed by atoms with Crippen molar-refractivity contribution < 1.29 is 19.1 Å². The highest BCUT2D eigenvalue weighted by Gasteiger charge is 2.66. The molecule has 2 heterocycles. The molecule has 4 aliphatic rings. The fraction of sp³-hybridized carbons (Fsp3) is 0.636. The van der Waals surface area contributed by atoms with Crippen LogP contribution in [-0.4, -0.2) is 54.4 Å². The molecule has 5 rings (SSSR count). The number of ether oxygens (including phenoxy) is 2. The maximum atomic E-state index is 12.3. The number of nitrogens with one attached hydrogen (secondary N) is 1. The second-order valence-electron chi connectivity index (χ2n) is 8.91. The number of nitrogens with zero attached hydrogens (tertiary/aromatic N) is 1. The van der Waals surface area contributed by atoms with Gasteiger partial charge in [0.1, 0.15) is 18.0 Å². The first-order valence-electron chi connectivity index (χ1n) is 10.6. The molecular weight excluding hydrogens is 388 g/mol. The summed E-state index contributed by atoms with van der Waals surface area (Å²) in [5.41, 5.74) is 3.17. The number of esters is 1. The number of likely N-dealkylation sites (N-methyl/N-ethyl adjacent to an activating group) is 1. The molecule has 6 nitrogen and oxygen atoms in total. The third kappa shape index (κ3) is 2.73. The van der Waals surface area contributed by atoms with Crippen LogP contribution in [0.1, 0.15) is 43.7 Å². The summed E-state index contributed by atoms with van der Waals surface area (Å²) in [7, 11) is 2.22. The van der Waals surface area contributed by atoms with Crippen molar-refractivity contribution in [3.63, 3.8) is 0 Å². The molecule has 1 aromatic rings. The van der Waals surface area contributed by atoms with Gasteiger partial charge in [0.15, 0.2) is 0 Å². The van der Waals surface area contributed by atoms with Crippen LogP contribution in [0.2, 0.25) is 0 Å². The fourth-order valence-electron chi connectivity index (χ4n) is 6.45. The van der Waals surface area contributed by atoms with Gasteiger partial charge in [-0.25, -0.2) is 0 Å². The van der Waals surface area contributed by atoms with E-state index < -0.39 is 0 Å². The van der Waals surface area contributed by atoms with Crippen LogP contribution in [0.25, 0.3) is 0 Å². The van der Waals surface area contributed by atoms with Gasteiger partial charge in [0.25, 0.3) is 0 Å². The van der Waals surface area contributed by atoms with Crippen LogP contribution in [0.3, 0.4) is 0 Å². The van der Waals surface area contributed by atoms with E-state index in [9.17, 15) is 9.59 Å². The highest BCUT2D eigenvalue weighted by Crippen LogP contribution is 2.63. The quantitative estimate of drug-likeness (QED) is 0.583. The monoisotopic (exact) mass is 416 g/mol. The number of anilines is 1. The van der Waals surface area contributed by atoms with Crippen LogP contribution in [0.5, 0.6) is 5.75 Å². The van der Waals surface area contributed by atoms with Crippen LogP contribution in [0, 0.1) is 5.92 Å². The molecule has 2 bridgehead atoms. The molecule has 1 amide bonds. The molecule has 0 radical (unpaired) electrons. The van der Waals surface area contributed by atoms with E-state index in [2.05, 4.69) is 36.0 Å². The van der Waals surface area contributed by atoms with E-state index in [0.717, 1.165) is 43.7 Å². The van der Waals surface area contributed by atoms with Crippen molar-refractivity contribution in [3.05, 3.63) is 23.3 Å². The lowest BCUT2D eigenvalue weighted by Gasteiger charge is -2.58. The van der Waals surface area contributed by atoms with Gasteiger partial charge in [-0.2, -0.15) is 12.6 Å². The molecule has 2 fully saturated rings. The summed E-state index contributed by atoms with van der Waals surface area (Å²) in [6, 6.07) is 4.60. The van der Waals surface area contributed by atoms with Crippen molar-refractivity contribution in [2.24, 2.45) is 5.92 Å². The number of rotatable bonds is 4. The van der Waals surface area contributed by atoms with Crippen LogP contribution in [0.4, 0.5) is 5.69 Å². The number of carbonyl (C=O) groups is 2. The summed E-state index contributed by atoms with van der Waals surface area (Å²) in [4.78, 5) is 26.5. The standard InChI is InChI=1S/C22H28N2O4S/c1-12(25)27-17-6-4-14-16-11-13-3-5-15(23-18(26)7-10-29)20-19(13)22(14,21(17)28-20)8-9-24(16)2/h3,5,14,16-17,21,29H,4,6-11H2,1-2H3,(H,23,26)/t14-,16-,17-,21-,22-/m0/s1. The summed E-state index contributed by atoms with van der Waals surface area (Å²) in [5.74, 6) is 1.47. The van der Waals surface area contributed by atoms with E-state index in [0.29, 0.717) is 24.1 Å². The molecule has 1 N–H and O–H groups in total. The largest absolute Gasteiger partial charge is 0.483 e. The Labute approximate surface area is 176 Å². The first kappa shape index (κ1) is 19.2. The lowest BCUT2D eigenvalue weighted by molar-refractivity contribution is -0.163. The third-order valence-corrected chi connectivity index (χ3v) is 7.72. The Morgan fingerprint density at radius 3 is 2.97 bits per heavy atom. The van der Waals surface area contributed by atoms with Crippen molar-refractivity contribution in [2.75, 3.05) is 24.7 Å². The van der Waals surface area contributed by atoms with Crippen LogP contribution >= 0.6 is 12.6 Å². The fourth-order valence-corrected chi connectivity index (χ4v) is 6.65. The molecule has 0 aromatic heterocycles. The van der Waals surface area contributed by atoms with E-state index in [1.54, 1.807) is 0 Å². The Morgan fingerprint density at radius 2 is 2.21 bits per heavy atom. The van der Waals surface area contributed by atoms with Gasteiger partial charge >= 0.3 is 5.97 Å². The molecular formula is C22H28N2O4S. The molecule has 29 heavy (non-hydrogen) atoms. The number of piperidine rings is 1. The number of thiol groups is 1.